The lowest BCUT2D eigenvalue weighted by molar-refractivity contribution is -0.140. The van der Waals surface area contributed by atoms with Gasteiger partial charge in [-0.05, 0) is 30.9 Å². The Hall–Kier alpha value is -1.98. The number of carbonyl (C=O) groups is 2. The van der Waals surface area contributed by atoms with Gasteiger partial charge in [0.05, 0.1) is 18.4 Å². The number of benzene rings is 1. The summed E-state index contributed by atoms with van der Waals surface area (Å²) in [6.45, 7) is 0. The number of hydrogen-bond acceptors (Lipinski definition) is 2. The molecular weight excluding hydrogens is 268 g/mol. The molecule has 1 amide bonds. The van der Waals surface area contributed by atoms with Gasteiger partial charge in [-0.1, -0.05) is 6.07 Å². The lowest BCUT2D eigenvalue weighted by Crippen LogP contribution is -2.55. The predicted octanol–water partition coefficient (Wildman–Crippen LogP) is 2.02. The van der Waals surface area contributed by atoms with Crippen LogP contribution in [0.5, 0.6) is 0 Å². The van der Waals surface area contributed by atoms with E-state index in [9.17, 15) is 18.4 Å². The third-order valence-electron chi connectivity index (χ3n) is 3.57. The predicted molar refractivity (Wildman–Crippen MR) is 67.0 cm³/mol. The van der Waals surface area contributed by atoms with Crippen LogP contribution in [0.25, 0.3) is 0 Å². The molecule has 1 aliphatic rings. The molecule has 0 unspecified atom stereocenters. The first-order valence-electron chi connectivity index (χ1n) is 6.37. The number of rotatable bonds is 5. The quantitative estimate of drug-likeness (QED) is 0.868. The molecule has 2 rings (SSSR count). The third kappa shape index (κ3) is 3.31. The van der Waals surface area contributed by atoms with Crippen molar-refractivity contribution in [3.05, 3.63) is 35.4 Å². The smallest absolute Gasteiger partial charge is 0.305 e. The molecule has 1 saturated carbocycles. The first-order chi connectivity index (χ1) is 9.40. The number of carbonyl (C=O) groups excluding carboxylic acids is 1. The van der Waals surface area contributed by atoms with E-state index in [0.29, 0.717) is 12.8 Å². The van der Waals surface area contributed by atoms with Crippen LogP contribution >= 0.6 is 0 Å². The maximum Gasteiger partial charge on any atom is 0.305 e. The van der Waals surface area contributed by atoms with Gasteiger partial charge in [0.15, 0.2) is 0 Å². The Labute approximate surface area is 114 Å². The summed E-state index contributed by atoms with van der Waals surface area (Å²) in [6, 6.07) is 3.02. The van der Waals surface area contributed by atoms with Crippen molar-refractivity contribution in [1.29, 1.82) is 0 Å². The van der Waals surface area contributed by atoms with E-state index in [1.165, 1.54) is 6.07 Å². The van der Waals surface area contributed by atoms with Crippen LogP contribution in [0.15, 0.2) is 18.2 Å². The number of aliphatic carboxylic acids is 1. The molecule has 0 heterocycles. The Bertz CT molecular complexity index is 541. The molecule has 0 aliphatic heterocycles. The first kappa shape index (κ1) is 14.4. The van der Waals surface area contributed by atoms with Gasteiger partial charge in [0.25, 0.3) is 0 Å². The van der Waals surface area contributed by atoms with Crippen molar-refractivity contribution < 1.29 is 23.5 Å². The molecule has 1 aromatic rings. The van der Waals surface area contributed by atoms with Crippen LogP contribution < -0.4 is 5.32 Å². The number of nitrogens with one attached hydrogen (secondary N) is 1. The van der Waals surface area contributed by atoms with Gasteiger partial charge in [0.2, 0.25) is 5.91 Å². The van der Waals surface area contributed by atoms with Crippen LogP contribution in [0.2, 0.25) is 0 Å². The molecule has 6 heteroatoms. The Kier molecular flexibility index (Phi) is 4.01. The van der Waals surface area contributed by atoms with Crippen molar-refractivity contribution in [3.8, 4) is 0 Å². The second kappa shape index (κ2) is 5.56. The maximum atomic E-state index is 13.4. The Balaban J connectivity index is 1.99. The van der Waals surface area contributed by atoms with Gasteiger partial charge in [-0.3, -0.25) is 9.59 Å². The van der Waals surface area contributed by atoms with Gasteiger partial charge in [-0.25, -0.2) is 8.78 Å². The summed E-state index contributed by atoms with van der Waals surface area (Å²) in [5.41, 5.74) is -0.618. The van der Waals surface area contributed by atoms with Gasteiger partial charge in [0, 0.05) is 6.07 Å². The lowest BCUT2D eigenvalue weighted by atomic mass is 9.74. The maximum absolute atomic E-state index is 13.4. The topological polar surface area (TPSA) is 66.4 Å². The molecule has 0 aromatic heterocycles. The monoisotopic (exact) mass is 283 g/mol. The van der Waals surface area contributed by atoms with Crippen LogP contribution in [0.1, 0.15) is 31.2 Å². The summed E-state index contributed by atoms with van der Waals surface area (Å²) in [4.78, 5) is 22.7. The Morgan fingerprint density at radius 2 is 2.00 bits per heavy atom. The van der Waals surface area contributed by atoms with Gasteiger partial charge >= 0.3 is 5.97 Å². The minimum atomic E-state index is -0.974. The normalized spacial score (nSPS) is 16.3. The van der Waals surface area contributed by atoms with Crippen molar-refractivity contribution in [3.63, 3.8) is 0 Å². The highest BCUT2D eigenvalue weighted by Gasteiger charge is 2.40. The van der Waals surface area contributed by atoms with Crippen LogP contribution in [-0.2, 0) is 16.0 Å². The molecule has 1 fully saturated rings. The average molecular weight is 283 g/mol. The van der Waals surface area contributed by atoms with Crippen LogP contribution in [-0.4, -0.2) is 22.5 Å². The highest BCUT2D eigenvalue weighted by atomic mass is 19.1. The summed E-state index contributed by atoms with van der Waals surface area (Å²) in [5.74, 6) is -2.90. The number of amides is 1. The van der Waals surface area contributed by atoms with E-state index in [0.717, 1.165) is 18.6 Å². The van der Waals surface area contributed by atoms with E-state index >= 15 is 0 Å². The van der Waals surface area contributed by atoms with Crippen LogP contribution in [0.3, 0.4) is 0 Å². The third-order valence-corrected chi connectivity index (χ3v) is 3.57. The second-order valence-electron chi connectivity index (χ2n) is 5.17. The fourth-order valence-corrected chi connectivity index (χ4v) is 2.42. The zero-order chi connectivity index (χ0) is 14.8. The van der Waals surface area contributed by atoms with E-state index in [1.54, 1.807) is 0 Å². The van der Waals surface area contributed by atoms with Gasteiger partial charge in [-0.2, -0.15) is 0 Å². The molecule has 108 valence electrons. The molecular formula is C14H15F2NO3. The number of carboxylic acid groups (broad SMARTS) is 1. The number of carboxylic acids is 1. The summed E-state index contributed by atoms with van der Waals surface area (Å²) in [5, 5.41) is 11.5. The molecule has 0 saturated heterocycles. The van der Waals surface area contributed by atoms with Crippen molar-refractivity contribution in [1.82, 2.24) is 5.32 Å². The molecule has 1 aromatic carbocycles. The van der Waals surface area contributed by atoms with E-state index in [-0.39, 0.29) is 18.4 Å². The van der Waals surface area contributed by atoms with Gasteiger partial charge in [0.1, 0.15) is 11.6 Å². The fraction of sp³-hybridized carbons (Fsp3) is 0.429. The minimum Gasteiger partial charge on any atom is -0.481 e. The molecule has 0 atom stereocenters. The fourth-order valence-electron chi connectivity index (χ4n) is 2.42. The minimum absolute atomic E-state index is 0.0914. The standard InChI is InChI=1S/C14H15F2NO3/c15-10-3-2-9(11(16)7-10)6-12(18)17-14(4-1-5-14)8-13(19)20/h2-3,7H,1,4-6,8H2,(H,17,18)(H,19,20). The zero-order valence-electron chi connectivity index (χ0n) is 10.8. The van der Waals surface area contributed by atoms with Gasteiger partial charge < -0.3 is 10.4 Å². The number of hydrogen-bond donors (Lipinski definition) is 2. The zero-order valence-corrected chi connectivity index (χ0v) is 10.8. The van der Waals surface area contributed by atoms with Crippen LogP contribution in [0, 0.1) is 11.6 Å². The van der Waals surface area contributed by atoms with E-state index in [4.69, 9.17) is 5.11 Å². The SMILES string of the molecule is O=C(O)CC1(NC(=O)Cc2ccc(F)cc2F)CCC1. The molecule has 0 bridgehead atoms. The van der Waals surface area contributed by atoms with Crippen LogP contribution in [0.4, 0.5) is 8.78 Å². The summed E-state index contributed by atoms with van der Waals surface area (Å²) in [7, 11) is 0. The van der Waals surface area contributed by atoms with Crippen molar-refractivity contribution >= 4 is 11.9 Å². The van der Waals surface area contributed by atoms with E-state index in [1.807, 2.05) is 0 Å². The average Bonchev–Trinajstić information content (AvgIpc) is 2.29. The Morgan fingerprint density at radius 3 is 2.50 bits per heavy atom. The molecule has 4 nitrogen and oxygen atoms in total. The van der Waals surface area contributed by atoms with Gasteiger partial charge in [-0.15, -0.1) is 0 Å². The summed E-state index contributed by atoms with van der Waals surface area (Å²) >= 11 is 0. The van der Waals surface area contributed by atoms with Crippen molar-refractivity contribution in [2.75, 3.05) is 0 Å². The molecule has 0 spiro atoms. The molecule has 1 aliphatic carbocycles. The lowest BCUT2D eigenvalue weighted by Gasteiger charge is -2.41. The second-order valence-corrected chi connectivity index (χ2v) is 5.17. The van der Waals surface area contributed by atoms with Crippen molar-refractivity contribution in [2.24, 2.45) is 0 Å². The summed E-state index contributed by atoms with van der Waals surface area (Å²) < 4.78 is 26.2. The highest BCUT2D eigenvalue weighted by Crippen LogP contribution is 2.35. The number of halogens is 2. The van der Waals surface area contributed by atoms with E-state index in [2.05, 4.69) is 5.32 Å². The Morgan fingerprint density at radius 1 is 1.30 bits per heavy atom. The summed E-state index contributed by atoms with van der Waals surface area (Å²) in [6.07, 6.45) is 1.71. The van der Waals surface area contributed by atoms with E-state index < -0.39 is 29.0 Å². The molecule has 2 N–H and O–H groups in total. The first-order valence-corrected chi connectivity index (χ1v) is 6.37. The molecule has 0 radical (unpaired) electrons. The largest absolute Gasteiger partial charge is 0.481 e. The van der Waals surface area contributed by atoms with Crippen molar-refractivity contribution in [2.45, 2.75) is 37.6 Å². The molecule has 20 heavy (non-hydrogen) atoms. The highest BCUT2D eigenvalue weighted by molar-refractivity contribution is 5.80.